The first-order valence-electron chi connectivity index (χ1n) is 13.0. The lowest BCUT2D eigenvalue weighted by molar-refractivity contribution is -0.385. The average molecular weight is 554 g/mol. The van der Waals surface area contributed by atoms with E-state index in [0.29, 0.717) is 17.8 Å². The van der Waals surface area contributed by atoms with E-state index in [2.05, 4.69) is 6.58 Å². The third-order valence-corrected chi connectivity index (χ3v) is 10.3. The van der Waals surface area contributed by atoms with Crippen molar-refractivity contribution in [2.24, 2.45) is 5.92 Å². The molecule has 10 nitrogen and oxygen atoms in total. The van der Waals surface area contributed by atoms with Crippen LogP contribution >= 0.6 is 0 Å². The first-order valence-corrected chi connectivity index (χ1v) is 16.0. The Labute approximate surface area is 228 Å². The Hall–Kier alpha value is -3.38. The number of ether oxygens (including phenoxy) is 1. The van der Waals surface area contributed by atoms with E-state index in [-0.39, 0.29) is 43.6 Å². The molecule has 0 radical (unpaired) electrons. The number of hydrogen-bond donors (Lipinski definition) is 2. The number of nitro groups is 1. The zero-order valence-corrected chi connectivity index (χ0v) is 23.4. The predicted molar refractivity (Wildman–Crippen MR) is 148 cm³/mol. The first-order chi connectivity index (χ1) is 18.4. The molecule has 2 heterocycles. The number of anilines is 1. The first kappa shape index (κ1) is 28.6. The fourth-order valence-electron chi connectivity index (χ4n) is 6.21. The molecule has 0 unspecified atom stereocenters. The molecule has 0 saturated carbocycles. The topological polar surface area (TPSA) is 133 Å². The fourth-order valence-corrected chi connectivity index (χ4v) is 8.76. The zero-order valence-electron chi connectivity index (χ0n) is 22.4. The number of carbonyl (C=O) groups is 2. The van der Waals surface area contributed by atoms with Gasteiger partial charge in [0, 0.05) is 48.8 Å². The summed E-state index contributed by atoms with van der Waals surface area (Å²) in [4.78, 5) is 53.2. The number of fused-ring (bicyclic) bond motifs is 2. The molecular weight excluding hydrogens is 518 g/mol. The summed E-state index contributed by atoms with van der Waals surface area (Å²) in [6.45, 7) is 9.42. The average Bonchev–Trinajstić information content (AvgIpc) is 3.31. The second-order valence-electron chi connectivity index (χ2n) is 10.8. The van der Waals surface area contributed by atoms with Crippen molar-refractivity contribution in [3.05, 3.63) is 82.4 Å². The SMILES string of the molecule is C=CCN1C(=O)[C@]2(O[C@H](CC(=O)N(CCO)Cc3ccccc3)[C@@H]([Si](C)(C)O)[C@@H]2C)c2cc([N+](=O)[O-])ccc21. The maximum absolute atomic E-state index is 14.0. The summed E-state index contributed by atoms with van der Waals surface area (Å²) >= 11 is 0. The van der Waals surface area contributed by atoms with Crippen LogP contribution in [0.2, 0.25) is 18.6 Å². The number of aliphatic hydroxyl groups excluding tert-OH is 1. The van der Waals surface area contributed by atoms with Gasteiger partial charge in [-0.15, -0.1) is 6.58 Å². The van der Waals surface area contributed by atoms with Gasteiger partial charge in [0.15, 0.2) is 13.9 Å². The van der Waals surface area contributed by atoms with Crippen LogP contribution in [0.3, 0.4) is 0 Å². The Bertz CT molecular complexity index is 1270. The third kappa shape index (κ3) is 5.14. The number of hydrogen-bond acceptors (Lipinski definition) is 7. The summed E-state index contributed by atoms with van der Waals surface area (Å²) in [7, 11) is -3.03. The normalized spacial score (nSPS) is 24.2. The van der Waals surface area contributed by atoms with Crippen LogP contribution in [0.1, 0.15) is 24.5 Å². The van der Waals surface area contributed by atoms with Crippen molar-refractivity contribution in [2.45, 2.75) is 50.2 Å². The molecule has 0 bridgehead atoms. The molecule has 39 heavy (non-hydrogen) atoms. The summed E-state index contributed by atoms with van der Waals surface area (Å²) in [5.41, 5.74) is -0.525. The summed E-state index contributed by atoms with van der Waals surface area (Å²) in [6.07, 6.45) is 0.650. The minimum atomic E-state index is -3.03. The van der Waals surface area contributed by atoms with Crippen molar-refractivity contribution >= 4 is 31.5 Å². The van der Waals surface area contributed by atoms with Crippen LogP contribution in [0.15, 0.2) is 61.2 Å². The molecule has 0 aliphatic carbocycles. The van der Waals surface area contributed by atoms with Gasteiger partial charge in [-0.25, -0.2) is 0 Å². The van der Waals surface area contributed by atoms with Crippen molar-refractivity contribution in [3.63, 3.8) is 0 Å². The molecular formula is C28H35N3O7Si. The maximum atomic E-state index is 14.0. The Morgan fingerprint density at radius 2 is 1.97 bits per heavy atom. The molecule has 2 aromatic carbocycles. The lowest BCUT2D eigenvalue weighted by atomic mass is 9.82. The Balaban J connectivity index is 1.74. The van der Waals surface area contributed by atoms with Gasteiger partial charge in [0.2, 0.25) is 5.91 Å². The van der Waals surface area contributed by atoms with Gasteiger partial charge in [0.05, 0.1) is 29.7 Å². The van der Waals surface area contributed by atoms with Crippen LogP contribution in [0.4, 0.5) is 11.4 Å². The number of amides is 2. The molecule has 208 valence electrons. The van der Waals surface area contributed by atoms with Crippen LogP contribution in [0.25, 0.3) is 0 Å². The van der Waals surface area contributed by atoms with Gasteiger partial charge in [-0.2, -0.15) is 0 Å². The quantitative estimate of drug-likeness (QED) is 0.200. The molecule has 0 aromatic heterocycles. The monoisotopic (exact) mass is 553 g/mol. The van der Waals surface area contributed by atoms with Crippen molar-refractivity contribution in [2.75, 3.05) is 24.6 Å². The van der Waals surface area contributed by atoms with Crippen LogP contribution in [0.5, 0.6) is 0 Å². The highest BCUT2D eigenvalue weighted by molar-refractivity contribution is 6.71. The Morgan fingerprint density at radius 1 is 1.28 bits per heavy atom. The summed E-state index contributed by atoms with van der Waals surface area (Å²) in [5, 5.41) is 21.3. The molecule has 4 atom stereocenters. The number of benzene rings is 2. The molecule has 1 spiro atoms. The van der Waals surface area contributed by atoms with Crippen LogP contribution in [0, 0.1) is 16.0 Å². The molecule has 2 aliphatic heterocycles. The maximum Gasteiger partial charge on any atom is 0.269 e. The minimum absolute atomic E-state index is 0.112. The standard InChI is InChI=1S/C28H35N3O7Si/c1-5-13-30-23-12-11-21(31(35)36)16-22(23)28(27(30)34)19(2)26(39(3,4)37)24(38-28)17-25(33)29(14-15-32)18-20-9-7-6-8-10-20/h5-12,16,19,24,26,32,37H,1,13-15,17-18H2,2-4H3/t19-,24+,26-,28+/m0/s1. The highest BCUT2D eigenvalue weighted by Crippen LogP contribution is 2.60. The van der Waals surface area contributed by atoms with Crippen LogP contribution < -0.4 is 4.90 Å². The molecule has 2 N–H and O–H groups in total. The second-order valence-corrected chi connectivity index (χ2v) is 14.7. The minimum Gasteiger partial charge on any atom is -0.432 e. The molecule has 2 amide bonds. The lowest BCUT2D eigenvalue weighted by Crippen LogP contribution is -2.46. The van der Waals surface area contributed by atoms with Gasteiger partial charge < -0.3 is 24.4 Å². The van der Waals surface area contributed by atoms with E-state index in [1.54, 1.807) is 19.2 Å². The van der Waals surface area contributed by atoms with Crippen molar-refractivity contribution in [1.29, 1.82) is 0 Å². The summed E-state index contributed by atoms with van der Waals surface area (Å²) in [5.74, 6) is -1.23. The molecule has 2 aromatic rings. The van der Waals surface area contributed by atoms with Crippen molar-refractivity contribution < 1.29 is 29.2 Å². The Kier molecular flexibility index (Phi) is 8.08. The van der Waals surface area contributed by atoms with Crippen LogP contribution in [-0.2, 0) is 26.5 Å². The number of carbonyl (C=O) groups excluding carboxylic acids is 2. The fraction of sp³-hybridized carbons (Fsp3) is 0.429. The predicted octanol–water partition coefficient (Wildman–Crippen LogP) is 3.34. The number of aliphatic hydroxyl groups is 1. The molecule has 1 fully saturated rings. The highest BCUT2D eigenvalue weighted by atomic mass is 28.4. The van der Waals surface area contributed by atoms with Gasteiger partial charge in [-0.05, 0) is 24.7 Å². The van der Waals surface area contributed by atoms with Gasteiger partial charge in [0.25, 0.3) is 11.6 Å². The Morgan fingerprint density at radius 3 is 2.56 bits per heavy atom. The highest BCUT2D eigenvalue weighted by Gasteiger charge is 2.66. The number of nitrogens with zero attached hydrogens (tertiary/aromatic N) is 3. The summed E-state index contributed by atoms with van der Waals surface area (Å²) < 4.78 is 6.58. The molecule has 11 heteroatoms. The van der Waals surface area contributed by atoms with Gasteiger partial charge >= 0.3 is 0 Å². The summed E-state index contributed by atoms with van der Waals surface area (Å²) in [6, 6.07) is 13.7. The van der Waals surface area contributed by atoms with Gasteiger partial charge in [-0.1, -0.05) is 43.3 Å². The second kappa shape index (κ2) is 11.0. The lowest BCUT2D eigenvalue weighted by Gasteiger charge is -2.32. The number of nitro benzene ring substituents is 1. The van der Waals surface area contributed by atoms with Gasteiger partial charge in [0.1, 0.15) is 0 Å². The number of non-ortho nitro benzene ring substituents is 1. The molecule has 4 rings (SSSR count). The van der Waals surface area contributed by atoms with E-state index in [1.165, 1.54) is 28.0 Å². The van der Waals surface area contributed by atoms with Crippen molar-refractivity contribution in [3.8, 4) is 0 Å². The van der Waals surface area contributed by atoms with E-state index in [1.807, 2.05) is 37.3 Å². The molecule has 2 aliphatic rings. The molecule has 1 saturated heterocycles. The van der Waals surface area contributed by atoms with Crippen molar-refractivity contribution in [1.82, 2.24) is 4.90 Å². The van der Waals surface area contributed by atoms with Gasteiger partial charge in [-0.3, -0.25) is 19.7 Å². The van der Waals surface area contributed by atoms with E-state index in [4.69, 9.17) is 4.74 Å². The van der Waals surface area contributed by atoms with E-state index >= 15 is 0 Å². The van der Waals surface area contributed by atoms with E-state index in [9.17, 15) is 29.6 Å². The van der Waals surface area contributed by atoms with E-state index < -0.39 is 36.4 Å². The third-order valence-electron chi connectivity index (χ3n) is 7.80. The smallest absolute Gasteiger partial charge is 0.269 e. The largest absolute Gasteiger partial charge is 0.432 e. The van der Waals surface area contributed by atoms with E-state index in [0.717, 1.165) is 5.56 Å². The number of rotatable bonds is 10. The zero-order chi connectivity index (χ0) is 28.5. The van der Waals surface area contributed by atoms with Crippen LogP contribution in [-0.4, -0.2) is 65.7 Å².